The van der Waals surface area contributed by atoms with Gasteiger partial charge in [0.1, 0.15) is 54.5 Å². The molecular weight excluding hydrogens is 1790 g/mol. The second-order valence-electron chi connectivity index (χ2n) is 41.2. The van der Waals surface area contributed by atoms with E-state index in [4.69, 9.17) is 9.47 Å². The zero-order valence-corrected chi connectivity index (χ0v) is 82.1. The number of ether oxygens (including phenoxy) is 2. The fourth-order valence-electron chi connectivity index (χ4n) is 27.3. The minimum atomic E-state index is -3.43. The van der Waals surface area contributed by atoms with Crippen LogP contribution in [0.4, 0.5) is 119 Å². The first-order valence-electron chi connectivity index (χ1n) is 48.7. The van der Waals surface area contributed by atoms with Gasteiger partial charge in [-0.15, -0.1) is 0 Å². The van der Waals surface area contributed by atoms with Crippen molar-refractivity contribution >= 4 is 163 Å². The Morgan fingerprint density at radius 2 is 0.493 bits per heavy atom. The summed E-state index contributed by atoms with van der Waals surface area (Å²) < 4.78 is 63.9. The first-order valence-corrected chi connectivity index (χ1v) is 53.3. The maximum Gasteiger partial charge on any atom is 0.210 e. The Hall–Kier alpha value is -13.5. The van der Waals surface area contributed by atoms with Gasteiger partial charge in [-0.2, -0.15) is 0 Å². The molecule has 0 fully saturated rings. The molecule has 20 nitrogen and oxygen atoms in total. The molecule has 138 heavy (non-hydrogen) atoms. The molecule has 0 amide bonds. The smallest absolute Gasteiger partial charge is 0.210 e. The number of hydrogen-bond donors (Lipinski definition) is 0. The number of para-hydroxylation sites is 14. The van der Waals surface area contributed by atoms with E-state index in [9.17, 15) is 16.8 Å². The van der Waals surface area contributed by atoms with Crippen LogP contribution in [0.2, 0.25) is 0 Å². The maximum absolute atomic E-state index is 13.0. The molecule has 0 radical (unpaired) electrons. The summed E-state index contributed by atoms with van der Waals surface area (Å²) >= 11 is 3.84. The molecule has 0 saturated heterocycles. The summed E-state index contributed by atoms with van der Waals surface area (Å²) in [7, 11) is 1.83. The Bertz CT molecular complexity index is 7820. The van der Waals surface area contributed by atoms with Crippen LogP contribution in [-0.4, -0.2) is 106 Å². The van der Waals surface area contributed by atoms with E-state index in [0.717, 1.165) is 113 Å². The third-order valence-electron chi connectivity index (χ3n) is 32.9. The van der Waals surface area contributed by atoms with Gasteiger partial charge < -0.3 is 78.1 Å². The number of anilines is 21. The van der Waals surface area contributed by atoms with Gasteiger partial charge in [0.2, 0.25) is 19.7 Å². The quantitative estimate of drug-likeness (QED) is 0.166. The van der Waals surface area contributed by atoms with E-state index < -0.39 is 19.7 Å². The van der Waals surface area contributed by atoms with Crippen molar-refractivity contribution < 1.29 is 26.3 Å². The van der Waals surface area contributed by atoms with Gasteiger partial charge in [0.25, 0.3) is 0 Å². The van der Waals surface area contributed by atoms with Crippen molar-refractivity contribution in [1.82, 2.24) is 0 Å². The second-order valence-corrected chi connectivity index (χ2v) is 47.1. The van der Waals surface area contributed by atoms with E-state index in [0.29, 0.717) is 68.5 Å². The number of sulfone groups is 2. The van der Waals surface area contributed by atoms with Crippen molar-refractivity contribution in [2.75, 3.05) is 96.8 Å². The van der Waals surface area contributed by atoms with Crippen LogP contribution in [0.1, 0.15) is 105 Å². The molecule has 21 aliphatic heterocycles. The average molecular weight is 1890 g/mol. The lowest BCUT2D eigenvalue weighted by molar-refractivity contribution is 0.474. The topological polar surface area (TPSA) is 132 Å². The van der Waals surface area contributed by atoms with Crippen LogP contribution < -0.4 is 78.1 Å². The molecule has 0 aliphatic carbocycles. The molecule has 7 unspecified atom stereocenters. The number of benzene rings is 14. The van der Waals surface area contributed by atoms with Crippen LogP contribution in [-0.2, 0) is 70.0 Å². The molecule has 0 bridgehead atoms. The molecule has 24 heteroatoms. The molecule has 35 rings (SSSR count). The molecule has 21 aliphatic rings. The number of hydrogen-bond acceptors (Lipinski definition) is 22. The molecular formula is C114H102N14O6S4. The van der Waals surface area contributed by atoms with Crippen LogP contribution in [0, 0.1) is 0 Å². The number of rotatable bonds is 3. The Labute approximate surface area is 813 Å². The lowest BCUT2D eigenvalue weighted by atomic mass is 9.73. The van der Waals surface area contributed by atoms with Crippen LogP contribution in [0.5, 0.6) is 23.0 Å². The van der Waals surface area contributed by atoms with Crippen LogP contribution >= 0.6 is 23.5 Å². The first kappa shape index (κ1) is 81.6. The van der Waals surface area contributed by atoms with Gasteiger partial charge in [0.05, 0.1) is 128 Å². The molecule has 0 N–H and O–H groups in total. The first-order chi connectivity index (χ1) is 66.9. The summed E-state index contributed by atoms with van der Waals surface area (Å²) in [6.07, 6.45) is 9.92. The highest BCUT2D eigenvalue weighted by Crippen LogP contribution is 2.69. The predicted octanol–water partition coefficient (Wildman–Crippen LogP) is 24.5. The SMILES string of the molecule is CC(C)N1c2cccc3c2N2c4c(cccc4O3)CC21.CC(C)N1c2cccc3c2N2c4c(cccc4S3(=O)=O)CC21.CC(C)N1c2cccc3c2N2c4c(cccc4S3)CC21.CN1c2cccc3c2N2c4c(cccc4C3(C)C)CC12.CN1c2cccc3c2N2c4c(cccc4O3)CC12.CN1c2cccc3c2N2c4c(cccc4S3(=O)=O)CC12.CN1c2cccc3c2N2c4c(cccc4S3)CC12. The van der Waals surface area contributed by atoms with Gasteiger partial charge >= 0.3 is 0 Å². The molecule has 7 atom stereocenters. The molecule has 0 saturated carbocycles. The van der Waals surface area contributed by atoms with Crippen molar-refractivity contribution in [2.24, 2.45) is 0 Å². The van der Waals surface area contributed by atoms with Crippen LogP contribution in [0.25, 0.3) is 0 Å². The zero-order valence-electron chi connectivity index (χ0n) is 78.8. The summed E-state index contributed by atoms with van der Waals surface area (Å²) in [6.45, 7) is 18.2. The van der Waals surface area contributed by atoms with E-state index in [1.165, 1.54) is 144 Å². The number of likely N-dealkylation sites (N-methyl/N-ethyl adjacent to an activating group) is 4. The fraction of sp³-hybridized carbons (Fsp3) is 0.263. The van der Waals surface area contributed by atoms with Gasteiger partial charge in [-0.3, -0.25) is 0 Å². The normalized spacial score (nSPS) is 21.8. The van der Waals surface area contributed by atoms with Gasteiger partial charge in [0.15, 0.2) is 23.0 Å². The summed E-state index contributed by atoms with van der Waals surface area (Å²) in [6, 6.07) is 89.8. The summed E-state index contributed by atoms with van der Waals surface area (Å²) in [5.41, 5.74) is 38.7. The Kier molecular flexibility index (Phi) is 16.8. The Balaban J connectivity index is 0.0000000777. The minimum Gasteiger partial charge on any atom is -0.453 e. The highest BCUT2D eigenvalue weighted by Gasteiger charge is 2.57. The van der Waals surface area contributed by atoms with E-state index >= 15 is 0 Å². The van der Waals surface area contributed by atoms with Crippen molar-refractivity contribution in [3.8, 4) is 23.0 Å². The average Bonchev–Trinajstić information content (AvgIpc) is 1.51. The minimum absolute atomic E-state index is 0.0905. The van der Waals surface area contributed by atoms with Gasteiger partial charge in [-0.1, -0.05) is 177 Å². The summed E-state index contributed by atoms with van der Waals surface area (Å²) in [5.74, 6) is 3.96. The van der Waals surface area contributed by atoms with Crippen LogP contribution in [0.3, 0.4) is 0 Å². The Morgan fingerprint density at radius 1 is 0.254 bits per heavy atom. The van der Waals surface area contributed by atoms with E-state index in [2.05, 4.69) is 333 Å². The molecule has 688 valence electrons. The zero-order chi connectivity index (χ0) is 93.1. The van der Waals surface area contributed by atoms with E-state index in [-0.39, 0.29) is 17.7 Å². The largest absolute Gasteiger partial charge is 0.453 e. The highest BCUT2D eigenvalue weighted by molar-refractivity contribution is 8.00. The summed E-state index contributed by atoms with van der Waals surface area (Å²) in [5, 5.41) is 0. The third-order valence-corrected chi connectivity index (χ3v) is 38.8. The van der Waals surface area contributed by atoms with Gasteiger partial charge in [-0.25, -0.2) is 16.8 Å². The standard InChI is InChI=1S/C18H18N2.C17H16N2O2S.C17H16N2O.C17H16N2S.C15H12N2O2S.C15H12N2O.C15H12N2S/c1-18(2)12-7-4-6-11-10-15-19(3)14-9-5-8-13(18)17(14)20(15)16(11)12;1-10(2)18-12-6-4-8-14-17(12)19-15(18)9-11-5-3-7-13(16(11)19)22(14,20)21;2*1-10(2)18-12-6-4-8-14-17(12)19-15(18)9-11-5-3-7-13(20-14)16(11)19;1-16-10-5-3-7-12-15(10)17-13(16)8-9-4-2-6-11(14(9)17)20(12,18)19;2*1-16-10-5-3-7-12-15(10)17-13(16)8-9-4-2-6-11(18-12)14(9)17/h4-9,15H,10H2,1-3H3;3-8,10,15H,9H2,1-2H3;2*3-8,10,15H,9H2,1-2H3;2-7,13H,8H2,1H3;2*2-7,13H,8H2,1H3. The van der Waals surface area contributed by atoms with Crippen molar-refractivity contribution in [3.05, 3.63) is 305 Å². The molecule has 14 aromatic carbocycles. The summed E-state index contributed by atoms with van der Waals surface area (Å²) in [4.78, 5) is 41.4. The highest BCUT2D eigenvalue weighted by atomic mass is 32.2. The monoisotopic (exact) mass is 1890 g/mol. The Morgan fingerprint density at radius 3 is 0.942 bits per heavy atom. The number of nitrogens with zero attached hydrogens (tertiary/aromatic N) is 14. The van der Waals surface area contributed by atoms with Crippen molar-refractivity contribution in [2.45, 2.75) is 206 Å². The van der Waals surface area contributed by atoms with Gasteiger partial charge in [-0.05, 0) is 207 Å². The molecule has 14 aromatic rings. The predicted molar refractivity (Wildman–Crippen MR) is 555 cm³/mol. The van der Waals surface area contributed by atoms with E-state index in [1.54, 1.807) is 24.3 Å². The molecule has 21 heterocycles. The molecule has 0 spiro atoms. The molecule has 0 aromatic heterocycles. The van der Waals surface area contributed by atoms with Crippen molar-refractivity contribution in [3.63, 3.8) is 0 Å². The second kappa shape index (κ2) is 28.4. The lowest BCUT2D eigenvalue weighted by Crippen LogP contribution is -2.43. The third kappa shape index (κ3) is 10.5. The van der Waals surface area contributed by atoms with E-state index in [1.807, 2.05) is 73.0 Å². The van der Waals surface area contributed by atoms with Gasteiger partial charge in [0, 0.05) is 116 Å². The lowest BCUT2D eigenvalue weighted by Gasteiger charge is -2.39. The van der Waals surface area contributed by atoms with Crippen molar-refractivity contribution in [1.29, 1.82) is 0 Å². The van der Waals surface area contributed by atoms with Crippen LogP contribution in [0.15, 0.2) is 294 Å². The maximum atomic E-state index is 13.0. The fourth-order valence-corrected chi connectivity index (χ4v) is 33.0.